The molecule has 2 aromatic rings. The van der Waals surface area contributed by atoms with E-state index < -0.39 is 0 Å². The first-order valence-corrected chi connectivity index (χ1v) is 6.44. The fourth-order valence-electron chi connectivity index (χ4n) is 1.65. The zero-order chi connectivity index (χ0) is 12.4. The average molecular weight is 247 g/mol. The molecular weight excluding hydrogens is 230 g/mol. The third kappa shape index (κ3) is 2.77. The molecule has 1 unspecified atom stereocenters. The Bertz CT molecular complexity index is 519. The molecule has 1 atom stereocenters. The summed E-state index contributed by atoms with van der Waals surface area (Å²) in [5.74, 6) is 0.767. The fourth-order valence-corrected chi connectivity index (χ4v) is 2.53. The number of rotatable bonds is 3. The summed E-state index contributed by atoms with van der Waals surface area (Å²) >= 11 is 1.79. The van der Waals surface area contributed by atoms with Crippen molar-refractivity contribution in [3.63, 3.8) is 0 Å². The van der Waals surface area contributed by atoms with E-state index in [4.69, 9.17) is 5.73 Å². The van der Waals surface area contributed by atoms with Crippen molar-refractivity contribution in [3.8, 4) is 0 Å². The summed E-state index contributed by atoms with van der Waals surface area (Å²) in [5.41, 5.74) is 7.56. The van der Waals surface area contributed by atoms with E-state index in [0.29, 0.717) is 5.69 Å². The van der Waals surface area contributed by atoms with Crippen molar-refractivity contribution in [2.75, 3.05) is 11.1 Å². The Labute approximate surface area is 106 Å². The molecule has 4 heteroatoms. The molecule has 17 heavy (non-hydrogen) atoms. The van der Waals surface area contributed by atoms with Crippen LogP contribution in [0.25, 0.3) is 0 Å². The minimum atomic E-state index is 0.227. The third-order valence-corrected chi connectivity index (χ3v) is 3.79. The molecule has 2 rings (SSSR count). The molecule has 0 spiro atoms. The van der Waals surface area contributed by atoms with Gasteiger partial charge in [0, 0.05) is 15.4 Å². The van der Waals surface area contributed by atoms with Crippen LogP contribution >= 0.6 is 11.3 Å². The predicted molar refractivity (Wildman–Crippen MR) is 74.5 cm³/mol. The molecule has 0 saturated carbocycles. The lowest BCUT2D eigenvalue weighted by molar-refractivity contribution is 0.895. The second kappa shape index (κ2) is 4.75. The smallest absolute Gasteiger partial charge is 0.149 e. The number of nitrogen functional groups attached to an aromatic ring is 1. The van der Waals surface area contributed by atoms with E-state index in [1.807, 2.05) is 19.1 Å². The summed E-state index contributed by atoms with van der Waals surface area (Å²) in [4.78, 5) is 7.03. The molecule has 0 aliphatic carbocycles. The number of anilines is 2. The van der Waals surface area contributed by atoms with Gasteiger partial charge in [-0.3, -0.25) is 0 Å². The van der Waals surface area contributed by atoms with E-state index in [2.05, 4.69) is 36.3 Å². The summed E-state index contributed by atoms with van der Waals surface area (Å²) in [6.45, 7) is 6.19. The van der Waals surface area contributed by atoms with Gasteiger partial charge in [-0.05, 0) is 45.0 Å². The summed E-state index contributed by atoms with van der Waals surface area (Å²) in [7, 11) is 0. The lowest BCUT2D eigenvalue weighted by Crippen LogP contribution is -2.09. The minimum Gasteiger partial charge on any atom is -0.396 e. The molecule has 0 bridgehead atoms. The number of pyridine rings is 1. The van der Waals surface area contributed by atoms with Crippen LogP contribution in [0.4, 0.5) is 11.5 Å². The first-order valence-electron chi connectivity index (χ1n) is 5.62. The van der Waals surface area contributed by atoms with Crippen molar-refractivity contribution in [1.82, 2.24) is 4.98 Å². The van der Waals surface area contributed by atoms with E-state index in [-0.39, 0.29) is 6.04 Å². The topological polar surface area (TPSA) is 50.9 Å². The number of nitrogens with one attached hydrogen (secondary N) is 1. The number of thiophene rings is 1. The quantitative estimate of drug-likeness (QED) is 0.872. The van der Waals surface area contributed by atoms with Gasteiger partial charge in [0.15, 0.2) is 0 Å². The van der Waals surface area contributed by atoms with E-state index in [1.54, 1.807) is 11.3 Å². The zero-order valence-electron chi connectivity index (χ0n) is 10.3. The van der Waals surface area contributed by atoms with Crippen molar-refractivity contribution >= 4 is 22.8 Å². The molecule has 0 radical (unpaired) electrons. The number of hydrogen-bond acceptors (Lipinski definition) is 4. The van der Waals surface area contributed by atoms with Crippen molar-refractivity contribution in [2.45, 2.75) is 26.8 Å². The number of nitrogens with two attached hydrogens (primary N) is 1. The molecule has 90 valence electrons. The number of hydrogen-bond donors (Lipinski definition) is 2. The number of aryl methyl sites for hydroxylation is 2. The van der Waals surface area contributed by atoms with Crippen LogP contribution in [0.1, 0.15) is 28.4 Å². The van der Waals surface area contributed by atoms with Crippen LogP contribution in [-0.4, -0.2) is 4.98 Å². The number of aromatic nitrogens is 1. The predicted octanol–water partition coefficient (Wildman–Crippen LogP) is 3.52. The molecule has 2 aromatic heterocycles. The van der Waals surface area contributed by atoms with E-state index in [0.717, 1.165) is 11.5 Å². The maximum absolute atomic E-state index is 5.90. The van der Waals surface area contributed by atoms with Crippen LogP contribution < -0.4 is 11.1 Å². The maximum Gasteiger partial charge on any atom is 0.149 e. The van der Waals surface area contributed by atoms with Gasteiger partial charge in [0.05, 0.1) is 11.7 Å². The third-order valence-electron chi connectivity index (χ3n) is 2.61. The molecule has 0 aliphatic heterocycles. The summed E-state index contributed by atoms with van der Waals surface area (Å²) in [6.07, 6.45) is 0. The molecule has 0 fully saturated rings. The molecule has 0 saturated heterocycles. The molecule has 0 aromatic carbocycles. The van der Waals surface area contributed by atoms with Gasteiger partial charge in [0.2, 0.25) is 0 Å². The lowest BCUT2D eigenvalue weighted by Gasteiger charge is -2.14. The van der Waals surface area contributed by atoms with Crippen molar-refractivity contribution in [1.29, 1.82) is 0 Å². The minimum absolute atomic E-state index is 0.227. The van der Waals surface area contributed by atoms with Gasteiger partial charge in [0.1, 0.15) is 5.82 Å². The SMILES string of the molecule is Cc1ccc(N)c(NC(C)c2ccc(C)s2)n1. The van der Waals surface area contributed by atoms with Crippen molar-refractivity contribution in [3.05, 3.63) is 39.7 Å². The standard InChI is InChI=1S/C13H17N3S/c1-8-4-6-11(14)13(15-8)16-10(3)12-7-5-9(2)17-12/h4-7,10H,14H2,1-3H3,(H,15,16). The largest absolute Gasteiger partial charge is 0.396 e. The normalized spacial score (nSPS) is 12.4. The first kappa shape index (κ1) is 11.9. The monoisotopic (exact) mass is 247 g/mol. The first-order chi connectivity index (χ1) is 8.06. The van der Waals surface area contributed by atoms with Crippen LogP contribution in [0.15, 0.2) is 24.3 Å². The second-order valence-electron chi connectivity index (χ2n) is 4.20. The highest BCUT2D eigenvalue weighted by atomic mass is 32.1. The van der Waals surface area contributed by atoms with Gasteiger partial charge in [0.25, 0.3) is 0 Å². The molecule has 3 nitrogen and oxygen atoms in total. The Morgan fingerprint density at radius 1 is 1.24 bits per heavy atom. The zero-order valence-corrected chi connectivity index (χ0v) is 11.1. The van der Waals surface area contributed by atoms with Crippen LogP contribution in [0, 0.1) is 13.8 Å². The summed E-state index contributed by atoms with van der Waals surface area (Å²) in [5, 5.41) is 3.35. The highest BCUT2D eigenvalue weighted by molar-refractivity contribution is 7.12. The highest BCUT2D eigenvalue weighted by Crippen LogP contribution is 2.27. The van der Waals surface area contributed by atoms with Crippen molar-refractivity contribution < 1.29 is 0 Å². The summed E-state index contributed by atoms with van der Waals surface area (Å²) < 4.78 is 0. The van der Waals surface area contributed by atoms with Crippen molar-refractivity contribution in [2.24, 2.45) is 0 Å². The second-order valence-corrected chi connectivity index (χ2v) is 5.52. The van der Waals surface area contributed by atoms with Gasteiger partial charge in [-0.15, -0.1) is 11.3 Å². The van der Waals surface area contributed by atoms with Gasteiger partial charge in [-0.25, -0.2) is 4.98 Å². The van der Waals surface area contributed by atoms with Gasteiger partial charge in [-0.2, -0.15) is 0 Å². The Morgan fingerprint density at radius 2 is 2.00 bits per heavy atom. The van der Waals surface area contributed by atoms with E-state index in [9.17, 15) is 0 Å². The number of nitrogens with zero attached hydrogens (tertiary/aromatic N) is 1. The van der Waals surface area contributed by atoms with Gasteiger partial charge >= 0.3 is 0 Å². The Kier molecular flexibility index (Phi) is 3.33. The maximum atomic E-state index is 5.90. The Morgan fingerprint density at radius 3 is 2.65 bits per heavy atom. The van der Waals surface area contributed by atoms with E-state index in [1.165, 1.54) is 9.75 Å². The Hall–Kier alpha value is -1.55. The fraction of sp³-hybridized carbons (Fsp3) is 0.308. The van der Waals surface area contributed by atoms with Crippen LogP contribution in [0.2, 0.25) is 0 Å². The van der Waals surface area contributed by atoms with Crippen LogP contribution in [0.5, 0.6) is 0 Å². The molecule has 0 aliphatic rings. The lowest BCUT2D eigenvalue weighted by atomic mass is 10.2. The molecule has 3 N–H and O–H groups in total. The van der Waals surface area contributed by atoms with Crippen LogP contribution in [0.3, 0.4) is 0 Å². The summed E-state index contributed by atoms with van der Waals surface area (Å²) in [6, 6.07) is 8.30. The van der Waals surface area contributed by atoms with Crippen LogP contribution in [-0.2, 0) is 0 Å². The van der Waals surface area contributed by atoms with Gasteiger partial charge < -0.3 is 11.1 Å². The molecule has 0 amide bonds. The molecular formula is C13H17N3S. The Balaban J connectivity index is 2.18. The highest BCUT2D eigenvalue weighted by Gasteiger charge is 2.10. The average Bonchev–Trinajstić information content (AvgIpc) is 2.70. The van der Waals surface area contributed by atoms with Gasteiger partial charge in [-0.1, -0.05) is 0 Å². The van der Waals surface area contributed by atoms with E-state index >= 15 is 0 Å². The molecule has 2 heterocycles.